The fourth-order valence-corrected chi connectivity index (χ4v) is 5.76. The second-order valence-electron chi connectivity index (χ2n) is 9.36. The van der Waals surface area contributed by atoms with E-state index in [0.717, 1.165) is 41.7 Å². The van der Waals surface area contributed by atoms with Gasteiger partial charge in [0.15, 0.2) is 0 Å². The fraction of sp³-hybridized carbons (Fsp3) is 0.429. The molecule has 3 aliphatic heterocycles. The predicted octanol–water partition coefficient (Wildman–Crippen LogP) is 5.27. The summed E-state index contributed by atoms with van der Waals surface area (Å²) in [6.45, 7) is 4.39. The number of fused-ring (bicyclic) bond motifs is 4. The van der Waals surface area contributed by atoms with E-state index < -0.39 is 6.10 Å². The van der Waals surface area contributed by atoms with Crippen molar-refractivity contribution in [1.29, 1.82) is 0 Å². The average molecular weight is 461 g/mol. The van der Waals surface area contributed by atoms with Crippen molar-refractivity contribution >= 4 is 16.9 Å². The van der Waals surface area contributed by atoms with Crippen molar-refractivity contribution in [2.45, 2.75) is 38.3 Å². The minimum atomic E-state index is -0.406. The van der Waals surface area contributed by atoms with Crippen molar-refractivity contribution in [2.24, 2.45) is 11.8 Å². The van der Waals surface area contributed by atoms with Gasteiger partial charge in [-0.15, -0.1) is 0 Å². The van der Waals surface area contributed by atoms with Gasteiger partial charge in [0, 0.05) is 23.7 Å². The summed E-state index contributed by atoms with van der Waals surface area (Å²) >= 11 is 0. The van der Waals surface area contributed by atoms with Gasteiger partial charge >= 0.3 is 5.97 Å². The molecule has 6 nitrogen and oxygen atoms in total. The molecule has 3 aromatic rings. The number of carbonyl (C=O) groups excluding carboxylic acids is 1. The normalized spacial score (nSPS) is 24.6. The molecule has 0 amide bonds. The van der Waals surface area contributed by atoms with Crippen molar-refractivity contribution in [3.8, 4) is 11.5 Å². The maximum absolute atomic E-state index is 13.4. The largest absolute Gasteiger partial charge is 0.497 e. The Bertz CT molecular complexity index is 1180. The summed E-state index contributed by atoms with van der Waals surface area (Å²) in [6.07, 6.45) is 4.84. The molecule has 5 atom stereocenters. The first-order valence-electron chi connectivity index (χ1n) is 12.1. The molecule has 6 heteroatoms. The molecule has 3 fully saturated rings. The molecule has 34 heavy (non-hydrogen) atoms. The molecule has 3 aliphatic rings. The third kappa shape index (κ3) is 4.23. The van der Waals surface area contributed by atoms with Gasteiger partial charge in [-0.25, -0.2) is 4.79 Å². The summed E-state index contributed by atoms with van der Waals surface area (Å²) in [7, 11) is 3.26. The van der Waals surface area contributed by atoms with Gasteiger partial charge in [-0.05, 0) is 73.7 Å². The smallest absolute Gasteiger partial charge is 0.338 e. The van der Waals surface area contributed by atoms with E-state index >= 15 is 0 Å². The number of carbonyl (C=O) groups is 1. The fourth-order valence-electron chi connectivity index (χ4n) is 5.76. The van der Waals surface area contributed by atoms with Crippen molar-refractivity contribution < 1.29 is 19.0 Å². The number of hydrogen-bond acceptors (Lipinski definition) is 6. The van der Waals surface area contributed by atoms with E-state index in [1.807, 2.05) is 42.6 Å². The van der Waals surface area contributed by atoms with Crippen LogP contribution in [-0.4, -0.2) is 49.2 Å². The minimum Gasteiger partial charge on any atom is -0.497 e. The number of rotatable bonds is 7. The highest BCUT2D eigenvalue weighted by atomic mass is 16.5. The van der Waals surface area contributed by atoms with E-state index in [0.29, 0.717) is 23.1 Å². The number of esters is 1. The second-order valence-corrected chi connectivity index (χ2v) is 9.36. The first-order chi connectivity index (χ1) is 16.6. The summed E-state index contributed by atoms with van der Waals surface area (Å²) in [5.74, 6) is 2.44. The van der Waals surface area contributed by atoms with E-state index in [1.165, 1.54) is 12.8 Å². The molecule has 2 bridgehead atoms. The highest BCUT2D eigenvalue weighted by Crippen LogP contribution is 2.44. The van der Waals surface area contributed by atoms with Crippen LogP contribution in [-0.2, 0) is 4.74 Å². The molecule has 178 valence electrons. The lowest BCUT2D eigenvalue weighted by Crippen LogP contribution is -2.55. The number of ether oxygens (including phenoxy) is 3. The average Bonchev–Trinajstić information content (AvgIpc) is 2.91. The van der Waals surface area contributed by atoms with Crippen LogP contribution < -0.4 is 9.47 Å². The molecule has 4 heterocycles. The van der Waals surface area contributed by atoms with E-state index in [4.69, 9.17) is 14.2 Å². The first-order valence-corrected chi connectivity index (χ1v) is 12.1. The number of hydrogen-bond donors (Lipinski definition) is 0. The van der Waals surface area contributed by atoms with Gasteiger partial charge in [0.2, 0.25) is 0 Å². The summed E-state index contributed by atoms with van der Waals surface area (Å²) in [5, 5.41) is 0.958. The van der Waals surface area contributed by atoms with Gasteiger partial charge in [0.05, 0.1) is 31.3 Å². The SMILES string of the molecule is CC[C@H]1CN2CC[C@H]1C[C@@H]2[C@@H](OC(=O)c1cccc(OC)c1)c1ccnc2ccc(OC)cc12. The molecule has 0 radical (unpaired) electrons. The number of piperidine rings is 3. The standard InChI is InChI=1S/C28H32N2O4/c1-4-18-17-30-13-11-19(18)15-26(30)27(34-28(31)20-6-5-7-21(14-20)32-2)23-10-12-29-25-9-8-22(33-3)16-24(23)25/h5-10,12,14,16,18-19,26-27H,4,11,13,15,17H2,1-3H3/t18-,19-,26+,27-/m0/s1. The van der Waals surface area contributed by atoms with Crippen molar-refractivity contribution in [3.63, 3.8) is 0 Å². The zero-order valence-corrected chi connectivity index (χ0v) is 20.1. The monoisotopic (exact) mass is 460 g/mol. The van der Waals surface area contributed by atoms with Crippen LogP contribution in [0.3, 0.4) is 0 Å². The molecule has 1 aromatic heterocycles. The molecular weight excluding hydrogens is 428 g/mol. The lowest BCUT2D eigenvalue weighted by molar-refractivity contribution is -0.0659. The number of methoxy groups -OCH3 is 2. The Morgan fingerprint density at radius 3 is 2.68 bits per heavy atom. The van der Waals surface area contributed by atoms with Crippen LogP contribution in [0, 0.1) is 11.8 Å². The van der Waals surface area contributed by atoms with E-state index in [9.17, 15) is 4.79 Å². The molecule has 2 aromatic carbocycles. The van der Waals surface area contributed by atoms with Crippen molar-refractivity contribution in [3.05, 3.63) is 65.9 Å². The Hall–Kier alpha value is -3.12. The molecule has 0 aliphatic carbocycles. The van der Waals surface area contributed by atoms with Crippen LogP contribution in [0.1, 0.15) is 48.2 Å². The highest BCUT2D eigenvalue weighted by Gasteiger charge is 2.44. The van der Waals surface area contributed by atoms with Gasteiger partial charge < -0.3 is 14.2 Å². The van der Waals surface area contributed by atoms with Crippen LogP contribution in [0.15, 0.2) is 54.7 Å². The number of aromatic nitrogens is 1. The second kappa shape index (κ2) is 9.63. The van der Waals surface area contributed by atoms with Gasteiger partial charge in [-0.2, -0.15) is 0 Å². The van der Waals surface area contributed by atoms with Gasteiger partial charge in [0.1, 0.15) is 17.6 Å². The van der Waals surface area contributed by atoms with Crippen molar-refractivity contribution in [1.82, 2.24) is 9.88 Å². The molecular formula is C28H32N2O4. The van der Waals surface area contributed by atoms with Crippen LogP contribution in [0.5, 0.6) is 11.5 Å². The molecule has 0 spiro atoms. The first kappa shape index (κ1) is 22.7. The zero-order chi connectivity index (χ0) is 23.7. The molecule has 0 N–H and O–H groups in total. The van der Waals surface area contributed by atoms with Crippen LogP contribution in [0.4, 0.5) is 0 Å². The molecule has 0 saturated carbocycles. The summed E-state index contributed by atoms with van der Waals surface area (Å²) in [5.41, 5.74) is 2.33. The van der Waals surface area contributed by atoms with Gasteiger partial charge in [0.25, 0.3) is 0 Å². The quantitative estimate of drug-likeness (QED) is 0.448. The number of benzene rings is 2. The molecule has 1 unspecified atom stereocenters. The van der Waals surface area contributed by atoms with E-state index in [1.54, 1.807) is 26.4 Å². The maximum atomic E-state index is 13.4. The number of pyridine rings is 1. The van der Waals surface area contributed by atoms with Gasteiger partial charge in [-0.1, -0.05) is 19.4 Å². The summed E-state index contributed by atoms with van der Waals surface area (Å²) in [4.78, 5) is 20.5. The third-order valence-corrected chi connectivity index (χ3v) is 7.64. The Labute approximate surface area is 200 Å². The Kier molecular flexibility index (Phi) is 6.42. The van der Waals surface area contributed by atoms with Crippen molar-refractivity contribution in [2.75, 3.05) is 27.3 Å². The molecule has 3 saturated heterocycles. The Morgan fingerprint density at radius 1 is 1.12 bits per heavy atom. The van der Waals surface area contributed by atoms with E-state index in [2.05, 4.69) is 16.8 Å². The maximum Gasteiger partial charge on any atom is 0.338 e. The summed E-state index contributed by atoms with van der Waals surface area (Å²) < 4.78 is 17.2. The zero-order valence-electron chi connectivity index (χ0n) is 20.1. The molecule has 6 rings (SSSR count). The third-order valence-electron chi connectivity index (χ3n) is 7.64. The van der Waals surface area contributed by atoms with Crippen LogP contribution >= 0.6 is 0 Å². The Morgan fingerprint density at radius 2 is 1.94 bits per heavy atom. The number of nitrogens with zero attached hydrogens (tertiary/aromatic N) is 2. The van der Waals surface area contributed by atoms with Gasteiger partial charge in [-0.3, -0.25) is 9.88 Å². The topological polar surface area (TPSA) is 60.9 Å². The summed E-state index contributed by atoms with van der Waals surface area (Å²) in [6, 6.07) is 15.1. The predicted molar refractivity (Wildman–Crippen MR) is 131 cm³/mol. The minimum absolute atomic E-state index is 0.132. The van der Waals surface area contributed by atoms with Crippen LogP contribution in [0.25, 0.3) is 10.9 Å². The Balaban J connectivity index is 1.55. The van der Waals surface area contributed by atoms with Crippen LogP contribution in [0.2, 0.25) is 0 Å². The lowest BCUT2D eigenvalue weighted by Gasteiger charge is -2.51. The lowest BCUT2D eigenvalue weighted by atomic mass is 9.72. The highest BCUT2D eigenvalue weighted by molar-refractivity contribution is 5.90. The van der Waals surface area contributed by atoms with E-state index in [-0.39, 0.29) is 12.0 Å².